The highest BCUT2D eigenvalue weighted by atomic mass is 16.7. The number of para-hydroxylation sites is 1. The molecule has 2 heterocycles. The molecule has 0 aliphatic heterocycles. The van der Waals surface area contributed by atoms with Crippen LogP contribution in [-0.4, -0.2) is 37.9 Å². The zero-order chi connectivity index (χ0) is 26.9. The number of imidazole rings is 1. The van der Waals surface area contributed by atoms with Crippen molar-refractivity contribution in [2.45, 2.75) is 52.9 Å². The van der Waals surface area contributed by atoms with E-state index in [0.717, 1.165) is 59.1 Å². The van der Waals surface area contributed by atoms with Crippen molar-refractivity contribution in [3.05, 3.63) is 84.1 Å². The first-order valence-electron chi connectivity index (χ1n) is 12.7. The largest absolute Gasteiger partial charge is 0.343 e. The summed E-state index contributed by atoms with van der Waals surface area (Å²) in [6.45, 7) is 4.82. The second kappa shape index (κ2) is 12.6. The van der Waals surface area contributed by atoms with Crippen LogP contribution in [0.5, 0.6) is 0 Å². The number of oxime groups is 2. The van der Waals surface area contributed by atoms with Gasteiger partial charge in [-0.05, 0) is 31.0 Å². The molecule has 0 atom stereocenters. The predicted octanol–water partition coefficient (Wildman–Crippen LogP) is 5.91. The van der Waals surface area contributed by atoms with Crippen LogP contribution < -0.4 is 0 Å². The predicted molar refractivity (Wildman–Crippen MR) is 146 cm³/mol. The maximum absolute atomic E-state index is 11.5. The van der Waals surface area contributed by atoms with Crippen LogP contribution in [0.4, 0.5) is 0 Å². The smallest absolute Gasteiger partial charge is 0.332 e. The summed E-state index contributed by atoms with van der Waals surface area (Å²) in [7, 11) is 0. The molecule has 0 saturated heterocycles. The van der Waals surface area contributed by atoms with Gasteiger partial charge >= 0.3 is 11.9 Å². The summed E-state index contributed by atoms with van der Waals surface area (Å²) in [5, 5.41) is 9.26. The van der Waals surface area contributed by atoms with Crippen molar-refractivity contribution < 1.29 is 19.3 Å². The summed E-state index contributed by atoms with van der Waals surface area (Å²) >= 11 is 0. The molecular formula is C29H31N5O4. The van der Waals surface area contributed by atoms with E-state index in [2.05, 4.69) is 31.8 Å². The fraction of sp³-hybridized carbons (Fsp3) is 0.276. The Hall–Kier alpha value is -4.53. The molecule has 0 radical (unpaired) electrons. The van der Waals surface area contributed by atoms with Gasteiger partial charge in [-0.1, -0.05) is 66.8 Å². The quantitative estimate of drug-likeness (QED) is 0.116. The van der Waals surface area contributed by atoms with Crippen LogP contribution in [0.25, 0.3) is 16.6 Å². The van der Waals surface area contributed by atoms with Gasteiger partial charge in [0.2, 0.25) is 0 Å². The highest BCUT2D eigenvalue weighted by molar-refractivity contribution is 6.12. The normalized spacial score (nSPS) is 12.1. The Kier molecular flexibility index (Phi) is 8.81. The molecule has 0 saturated carbocycles. The summed E-state index contributed by atoms with van der Waals surface area (Å²) in [5.74, 6) is -0.474. The van der Waals surface area contributed by atoms with Crippen LogP contribution >= 0.6 is 0 Å². The van der Waals surface area contributed by atoms with Crippen molar-refractivity contribution in [2.24, 2.45) is 10.3 Å². The zero-order valence-corrected chi connectivity index (χ0v) is 21.8. The van der Waals surface area contributed by atoms with E-state index in [4.69, 9.17) is 9.68 Å². The van der Waals surface area contributed by atoms with Crippen LogP contribution in [0.3, 0.4) is 0 Å². The van der Waals surface area contributed by atoms with E-state index in [-0.39, 0.29) is 0 Å². The Morgan fingerprint density at radius 2 is 1.68 bits per heavy atom. The summed E-state index contributed by atoms with van der Waals surface area (Å²) in [6, 6.07) is 15.8. The number of hydrogen-bond acceptors (Lipinski definition) is 7. The third-order valence-corrected chi connectivity index (χ3v) is 5.98. The van der Waals surface area contributed by atoms with Gasteiger partial charge < -0.3 is 19.2 Å². The molecule has 4 aromatic rings. The lowest BCUT2D eigenvalue weighted by atomic mass is 10.0. The first-order chi connectivity index (χ1) is 18.5. The van der Waals surface area contributed by atoms with Gasteiger partial charge in [-0.3, -0.25) is 0 Å². The molecule has 2 aromatic carbocycles. The molecule has 4 rings (SSSR count). The second-order valence-corrected chi connectivity index (χ2v) is 8.87. The van der Waals surface area contributed by atoms with Crippen molar-refractivity contribution in [3.63, 3.8) is 0 Å². The third kappa shape index (κ3) is 6.42. The Bertz CT molecular complexity index is 1450. The van der Waals surface area contributed by atoms with E-state index in [9.17, 15) is 9.59 Å². The highest BCUT2D eigenvalue weighted by Crippen LogP contribution is 2.27. The SMILES string of the molecule is CCCCCC/C(=N\OC(C)=O)c1cn(-c2ccc(/C(=N/OC(C)=O)c3ncc[nH]3)cc2)c2ccccc12. The molecule has 0 fully saturated rings. The van der Waals surface area contributed by atoms with Gasteiger partial charge in [-0.15, -0.1) is 0 Å². The molecule has 0 bridgehead atoms. The fourth-order valence-corrected chi connectivity index (χ4v) is 4.21. The van der Waals surface area contributed by atoms with E-state index in [1.807, 2.05) is 54.7 Å². The molecule has 1 N–H and O–H groups in total. The first kappa shape index (κ1) is 26.5. The van der Waals surface area contributed by atoms with Crippen molar-refractivity contribution in [2.75, 3.05) is 0 Å². The zero-order valence-electron chi connectivity index (χ0n) is 21.8. The minimum absolute atomic E-state index is 0.415. The van der Waals surface area contributed by atoms with E-state index in [0.29, 0.717) is 18.0 Å². The van der Waals surface area contributed by atoms with E-state index >= 15 is 0 Å². The van der Waals surface area contributed by atoms with Crippen molar-refractivity contribution in [3.8, 4) is 5.69 Å². The maximum Gasteiger partial charge on any atom is 0.332 e. The van der Waals surface area contributed by atoms with Gasteiger partial charge in [0.15, 0.2) is 11.5 Å². The molecule has 9 heteroatoms. The Labute approximate surface area is 221 Å². The minimum atomic E-state index is -0.516. The number of carbonyl (C=O) groups is 2. The Morgan fingerprint density at radius 1 is 0.947 bits per heavy atom. The molecular weight excluding hydrogens is 482 g/mol. The number of fused-ring (bicyclic) bond motifs is 1. The lowest BCUT2D eigenvalue weighted by molar-refractivity contribution is -0.141. The average molecular weight is 514 g/mol. The van der Waals surface area contributed by atoms with Gasteiger partial charge in [0.25, 0.3) is 0 Å². The summed E-state index contributed by atoms with van der Waals surface area (Å²) in [5.41, 5.74) is 4.73. The maximum atomic E-state index is 11.5. The summed E-state index contributed by atoms with van der Waals surface area (Å²) in [4.78, 5) is 40.1. The lowest BCUT2D eigenvalue weighted by Gasteiger charge is -2.08. The van der Waals surface area contributed by atoms with Crippen LogP contribution in [0, 0.1) is 0 Å². The standard InChI is InChI=1S/C29H31N5O4/c1-4-5-6-7-11-26(32-37-20(2)35)25-19-34(27-12-9-8-10-24(25)27)23-15-13-22(14-16-23)28(33-38-21(3)36)29-30-17-18-31-29/h8-10,12-19H,4-7,11H2,1-3H3,(H,30,31)/b32-26+,33-28-. The van der Waals surface area contributed by atoms with Gasteiger partial charge in [0, 0.05) is 54.6 Å². The molecule has 196 valence electrons. The topological polar surface area (TPSA) is 111 Å². The van der Waals surface area contributed by atoms with Gasteiger partial charge in [-0.25, -0.2) is 14.6 Å². The molecule has 0 aliphatic carbocycles. The van der Waals surface area contributed by atoms with Gasteiger partial charge in [0.05, 0.1) is 11.2 Å². The molecule has 0 spiro atoms. The minimum Gasteiger partial charge on any atom is -0.343 e. The van der Waals surface area contributed by atoms with Crippen molar-refractivity contribution in [1.29, 1.82) is 0 Å². The number of nitrogens with zero attached hydrogens (tertiary/aromatic N) is 4. The molecule has 0 aliphatic rings. The lowest BCUT2D eigenvalue weighted by Crippen LogP contribution is -2.08. The van der Waals surface area contributed by atoms with E-state index < -0.39 is 11.9 Å². The van der Waals surface area contributed by atoms with Crippen LogP contribution in [-0.2, 0) is 19.3 Å². The molecule has 0 unspecified atom stereocenters. The summed E-state index contributed by atoms with van der Waals surface area (Å²) < 4.78 is 2.08. The molecule has 38 heavy (non-hydrogen) atoms. The van der Waals surface area contributed by atoms with E-state index in [1.54, 1.807) is 12.4 Å². The molecule has 9 nitrogen and oxygen atoms in total. The number of unbranched alkanes of at least 4 members (excludes halogenated alkanes) is 3. The number of nitrogens with one attached hydrogen (secondary N) is 1. The second-order valence-electron chi connectivity index (χ2n) is 8.87. The molecule has 0 amide bonds. The van der Waals surface area contributed by atoms with Crippen LogP contribution in [0.1, 0.15) is 69.8 Å². The Balaban J connectivity index is 1.72. The highest BCUT2D eigenvalue weighted by Gasteiger charge is 2.17. The van der Waals surface area contributed by atoms with E-state index in [1.165, 1.54) is 13.8 Å². The van der Waals surface area contributed by atoms with Crippen molar-refractivity contribution >= 4 is 34.3 Å². The number of rotatable bonds is 11. The first-order valence-corrected chi connectivity index (χ1v) is 12.7. The van der Waals surface area contributed by atoms with Crippen LogP contribution in [0.15, 0.2) is 77.4 Å². The average Bonchev–Trinajstić information content (AvgIpc) is 3.58. The monoisotopic (exact) mass is 513 g/mol. The number of benzene rings is 2. The molecule has 2 aromatic heterocycles. The van der Waals surface area contributed by atoms with Gasteiger partial charge in [0.1, 0.15) is 0 Å². The van der Waals surface area contributed by atoms with Crippen LogP contribution in [0.2, 0.25) is 0 Å². The number of hydrogen-bond donors (Lipinski definition) is 1. The number of aromatic nitrogens is 3. The fourth-order valence-electron chi connectivity index (χ4n) is 4.21. The van der Waals surface area contributed by atoms with Crippen molar-refractivity contribution in [1.82, 2.24) is 14.5 Å². The third-order valence-electron chi connectivity index (χ3n) is 5.98. The Morgan fingerprint density at radius 3 is 2.37 bits per heavy atom. The number of H-pyrrole nitrogens is 1. The van der Waals surface area contributed by atoms with Gasteiger partial charge in [-0.2, -0.15) is 0 Å². The summed E-state index contributed by atoms with van der Waals surface area (Å²) in [6.07, 6.45) is 10.4. The number of carbonyl (C=O) groups excluding carboxylic acids is 2. The number of aromatic amines is 1.